The van der Waals surface area contributed by atoms with E-state index in [2.05, 4.69) is 10.0 Å². The summed E-state index contributed by atoms with van der Waals surface area (Å²) in [5.74, 6) is 0.233. The molecule has 2 N–H and O–H groups in total. The van der Waals surface area contributed by atoms with Crippen LogP contribution >= 0.6 is 0 Å². The number of ether oxygens (including phenoxy) is 2. The van der Waals surface area contributed by atoms with E-state index in [9.17, 15) is 13.2 Å². The lowest BCUT2D eigenvalue weighted by Gasteiger charge is -2.14. The highest BCUT2D eigenvalue weighted by Crippen LogP contribution is 2.27. The summed E-state index contributed by atoms with van der Waals surface area (Å²) < 4.78 is 39.2. The summed E-state index contributed by atoms with van der Waals surface area (Å²) in [4.78, 5) is 12.7. The zero-order valence-electron chi connectivity index (χ0n) is 18.0. The van der Waals surface area contributed by atoms with Gasteiger partial charge in [-0.25, -0.2) is 13.1 Å². The van der Waals surface area contributed by atoms with Gasteiger partial charge in [0.2, 0.25) is 10.0 Å². The highest BCUT2D eigenvalue weighted by atomic mass is 32.2. The fourth-order valence-electron chi connectivity index (χ4n) is 3.13. The van der Waals surface area contributed by atoms with Crippen LogP contribution in [0.15, 0.2) is 77.7 Å². The van der Waals surface area contributed by atoms with E-state index < -0.39 is 15.9 Å². The van der Waals surface area contributed by atoms with Gasteiger partial charge in [0.15, 0.2) is 0 Å². The molecule has 0 unspecified atom stereocenters. The first-order chi connectivity index (χ1) is 15.4. The van der Waals surface area contributed by atoms with Gasteiger partial charge in [-0.1, -0.05) is 42.5 Å². The minimum Gasteiger partial charge on any atom is -0.495 e. The summed E-state index contributed by atoms with van der Waals surface area (Å²) in [7, 11) is -2.51. The average Bonchev–Trinajstić information content (AvgIpc) is 2.80. The first kappa shape index (κ1) is 23.3. The molecule has 0 heterocycles. The first-order valence-electron chi connectivity index (χ1n) is 10.2. The van der Waals surface area contributed by atoms with Crippen molar-refractivity contribution in [2.75, 3.05) is 25.6 Å². The Balaban J connectivity index is 1.79. The molecule has 0 saturated heterocycles. The number of carbonyl (C=O) groups is 1. The molecule has 8 heteroatoms. The van der Waals surface area contributed by atoms with E-state index in [1.54, 1.807) is 24.3 Å². The zero-order chi connectivity index (χ0) is 23.0. The molecule has 0 saturated carbocycles. The third kappa shape index (κ3) is 5.87. The first-order valence-corrected chi connectivity index (χ1v) is 11.7. The van der Waals surface area contributed by atoms with Crippen LogP contribution in [-0.2, 0) is 16.4 Å². The topological polar surface area (TPSA) is 93.7 Å². The van der Waals surface area contributed by atoms with Crippen molar-refractivity contribution in [3.8, 4) is 11.5 Å². The number of rotatable bonds is 10. The maximum absolute atomic E-state index is 12.9. The Labute approximate surface area is 188 Å². The fourth-order valence-corrected chi connectivity index (χ4v) is 4.35. The van der Waals surface area contributed by atoms with Gasteiger partial charge in [0.25, 0.3) is 5.91 Å². The van der Waals surface area contributed by atoms with Crippen LogP contribution in [0.25, 0.3) is 0 Å². The Hall–Kier alpha value is -3.36. The van der Waals surface area contributed by atoms with E-state index in [0.29, 0.717) is 24.5 Å². The van der Waals surface area contributed by atoms with Crippen LogP contribution < -0.4 is 19.5 Å². The molecule has 0 bridgehead atoms. The van der Waals surface area contributed by atoms with E-state index in [4.69, 9.17) is 9.47 Å². The summed E-state index contributed by atoms with van der Waals surface area (Å²) in [6, 6.07) is 20.9. The molecule has 0 spiro atoms. The van der Waals surface area contributed by atoms with Crippen molar-refractivity contribution in [2.24, 2.45) is 0 Å². The van der Waals surface area contributed by atoms with E-state index in [-0.39, 0.29) is 22.8 Å². The summed E-state index contributed by atoms with van der Waals surface area (Å²) >= 11 is 0. The van der Waals surface area contributed by atoms with Gasteiger partial charge >= 0.3 is 0 Å². The molecule has 1 amide bonds. The van der Waals surface area contributed by atoms with Crippen LogP contribution in [0.3, 0.4) is 0 Å². The largest absolute Gasteiger partial charge is 0.495 e. The number of amides is 1. The standard InChI is InChI=1S/C24H26N2O5S/c1-3-31-21-12-8-7-11-20(21)26-24(27)19-13-14-22(30-2)23(17-19)32(28,29)25-16-15-18-9-5-4-6-10-18/h4-14,17,25H,3,15-16H2,1-2H3,(H,26,27). The monoisotopic (exact) mass is 454 g/mol. The number of nitrogens with one attached hydrogen (secondary N) is 2. The van der Waals surface area contributed by atoms with Crippen LogP contribution in [0.5, 0.6) is 11.5 Å². The van der Waals surface area contributed by atoms with Gasteiger partial charge in [0, 0.05) is 12.1 Å². The molecule has 0 atom stereocenters. The van der Waals surface area contributed by atoms with Gasteiger partial charge in [-0.15, -0.1) is 0 Å². The lowest BCUT2D eigenvalue weighted by molar-refractivity contribution is 0.102. The Kier molecular flexibility index (Phi) is 7.86. The fraction of sp³-hybridized carbons (Fsp3) is 0.208. The normalized spacial score (nSPS) is 11.1. The predicted molar refractivity (Wildman–Crippen MR) is 124 cm³/mol. The molecule has 0 aliphatic heterocycles. The second kappa shape index (κ2) is 10.8. The molecule has 0 fully saturated rings. The van der Waals surface area contributed by atoms with Crippen molar-refractivity contribution in [3.05, 3.63) is 83.9 Å². The lowest BCUT2D eigenvalue weighted by Crippen LogP contribution is -2.27. The van der Waals surface area contributed by atoms with Gasteiger partial charge < -0.3 is 14.8 Å². The molecule has 3 aromatic carbocycles. The number of hydrogen-bond donors (Lipinski definition) is 2. The van der Waals surface area contributed by atoms with Crippen LogP contribution in [-0.4, -0.2) is 34.6 Å². The molecule has 3 aromatic rings. The molecule has 0 aromatic heterocycles. The van der Waals surface area contributed by atoms with Gasteiger partial charge in [-0.2, -0.15) is 0 Å². The van der Waals surface area contributed by atoms with Gasteiger partial charge in [0.05, 0.1) is 19.4 Å². The number of benzene rings is 3. The van der Waals surface area contributed by atoms with Crippen molar-refractivity contribution in [3.63, 3.8) is 0 Å². The summed E-state index contributed by atoms with van der Waals surface area (Å²) in [6.45, 7) is 2.52. The van der Waals surface area contributed by atoms with Crippen molar-refractivity contribution >= 4 is 21.6 Å². The molecule has 7 nitrogen and oxygen atoms in total. The smallest absolute Gasteiger partial charge is 0.255 e. The second-order valence-electron chi connectivity index (χ2n) is 6.88. The minimum absolute atomic E-state index is 0.0983. The van der Waals surface area contributed by atoms with Crippen molar-refractivity contribution in [1.82, 2.24) is 4.72 Å². The summed E-state index contributed by atoms with van der Waals surface area (Å²) in [5.41, 5.74) is 1.70. The Morgan fingerprint density at radius 1 is 0.938 bits per heavy atom. The zero-order valence-corrected chi connectivity index (χ0v) is 18.8. The van der Waals surface area contributed by atoms with E-state index in [1.165, 1.54) is 25.3 Å². The molecule has 168 valence electrons. The molecule has 0 aliphatic carbocycles. The van der Waals surface area contributed by atoms with Crippen molar-refractivity contribution in [2.45, 2.75) is 18.2 Å². The number of carbonyl (C=O) groups excluding carboxylic acids is 1. The predicted octanol–water partition coefficient (Wildman–Crippen LogP) is 3.87. The Morgan fingerprint density at radius 2 is 1.66 bits per heavy atom. The molecule has 3 rings (SSSR count). The Morgan fingerprint density at radius 3 is 2.38 bits per heavy atom. The highest BCUT2D eigenvalue weighted by molar-refractivity contribution is 7.89. The van der Waals surface area contributed by atoms with Crippen LogP contribution in [0.4, 0.5) is 5.69 Å². The summed E-state index contributed by atoms with van der Waals surface area (Å²) in [6.07, 6.45) is 0.538. The van der Waals surface area contributed by atoms with Crippen molar-refractivity contribution in [1.29, 1.82) is 0 Å². The SMILES string of the molecule is CCOc1ccccc1NC(=O)c1ccc(OC)c(S(=O)(=O)NCCc2ccccc2)c1. The van der Waals surface area contributed by atoms with Gasteiger partial charge in [-0.3, -0.25) is 4.79 Å². The lowest BCUT2D eigenvalue weighted by atomic mass is 10.2. The second-order valence-corrected chi connectivity index (χ2v) is 8.62. The van der Waals surface area contributed by atoms with E-state index >= 15 is 0 Å². The van der Waals surface area contributed by atoms with Gasteiger partial charge in [-0.05, 0) is 49.2 Å². The molecular formula is C24H26N2O5S. The van der Waals surface area contributed by atoms with E-state index in [0.717, 1.165) is 5.56 Å². The highest BCUT2D eigenvalue weighted by Gasteiger charge is 2.22. The minimum atomic E-state index is -3.90. The number of sulfonamides is 1. The number of para-hydroxylation sites is 2. The quantitative estimate of drug-likeness (QED) is 0.485. The molecule has 0 radical (unpaired) electrons. The number of anilines is 1. The van der Waals surface area contributed by atoms with Gasteiger partial charge in [0.1, 0.15) is 16.4 Å². The van der Waals surface area contributed by atoms with Crippen LogP contribution in [0.2, 0.25) is 0 Å². The maximum atomic E-state index is 12.9. The molecule has 0 aliphatic rings. The Bertz CT molecular complexity index is 1160. The number of hydrogen-bond acceptors (Lipinski definition) is 5. The van der Waals surface area contributed by atoms with Crippen LogP contribution in [0, 0.1) is 0 Å². The van der Waals surface area contributed by atoms with Crippen molar-refractivity contribution < 1.29 is 22.7 Å². The number of methoxy groups -OCH3 is 1. The maximum Gasteiger partial charge on any atom is 0.255 e. The third-order valence-corrected chi connectivity index (χ3v) is 6.18. The molecule has 32 heavy (non-hydrogen) atoms. The molecular weight excluding hydrogens is 428 g/mol. The van der Waals surface area contributed by atoms with E-state index in [1.807, 2.05) is 37.3 Å². The third-order valence-electron chi connectivity index (χ3n) is 4.70. The summed E-state index contributed by atoms with van der Waals surface area (Å²) in [5, 5.41) is 2.77. The van der Waals surface area contributed by atoms with Crippen LogP contribution in [0.1, 0.15) is 22.8 Å². The average molecular weight is 455 g/mol.